The first-order valence-electron chi connectivity index (χ1n) is 6.84. The summed E-state index contributed by atoms with van der Waals surface area (Å²) in [6.45, 7) is 1.99. The van der Waals surface area contributed by atoms with Gasteiger partial charge in [-0.3, -0.25) is 9.69 Å². The van der Waals surface area contributed by atoms with E-state index in [4.69, 9.17) is 23.8 Å². The standard InChI is InChI=1S/C17H12ClFN2OS/c1-10-2-4-11(5-3-10)8-15-16(22)21(17(23)20-15)12-6-7-14(19)13(18)9-12/h2-9H,1H3,(H,20,23). The number of benzene rings is 2. The molecule has 6 heteroatoms. The van der Waals surface area contributed by atoms with Gasteiger partial charge in [0.15, 0.2) is 5.11 Å². The molecule has 3 rings (SSSR count). The Morgan fingerprint density at radius 3 is 2.57 bits per heavy atom. The first kappa shape index (κ1) is 15.6. The molecule has 0 unspecified atom stereocenters. The van der Waals surface area contributed by atoms with Gasteiger partial charge in [0.05, 0.1) is 10.7 Å². The Morgan fingerprint density at radius 1 is 1.22 bits per heavy atom. The highest BCUT2D eigenvalue weighted by atomic mass is 35.5. The Kier molecular flexibility index (Phi) is 4.15. The minimum Gasteiger partial charge on any atom is -0.327 e. The zero-order chi connectivity index (χ0) is 16.6. The van der Waals surface area contributed by atoms with Gasteiger partial charge in [-0.2, -0.15) is 0 Å². The van der Waals surface area contributed by atoms with E-state index < -0.39 is 5.82 Å². The molecule has 1 amide bonds. The molecule has 116 valence electrons. The Hall–Kier alpha value is -2.24. The van der Waals surface area contributed by atoms with Crippen molar-refractivity contribution in [1.82, 2.24) is 5.32 Å². The van der Waals surface area contributed by atoms with Gasteiger partial charge in [0, 0.05) is 0 Å². The quantitative estimate of drug-likeness (QED) is 0.657. The topological polar surface area (TPSA) is 32.3 Å². The predicted molar refractivity (Wildman–Crippen MR) is 93.8 cm³/mol. The number of anilines is 1. The van der Waals surface area contributed by atoms with Crippen molar-refractivity contribution in [1.29, 1.82) is 0 Å². The van der Waals surface area contributed by atoms with Crippen LogP contribution >= 0.6 is 23.8 Å². The van der Waals surface area contributed by atoms with Gasteiger partial charge >= 0.3 is 0 Å². The molecule has 0 spiro atoms. The van der Waals surface area contributed by atoms with Crippen molar-refractivity contribution in [2.75, 3.05) is 4.90 Å². The van der Waals surface area contributed by atoms with Gasteiger partial charge in [-0.05, 0) is 49.0 Å². The minimum absolute atomic E-state index is 0.0611. The molecule has 1 N–H and O–H groups in total. The van der Waals surface area contributed by atoms with Crippen LogP contribution in [0, 0.1) is 12.7 Å². The molecule has 1 aliphatic rings. The summed E-state index contributed by atoms with van der Waals surface area (Å²) in [5.41, 5.74) is 2.80. The lowest BCUT2D eigenvalue weighted by molar-refractivity contribution is -0.113. The number of aryl methyl sites for hydroxylation is 1. The van der Waals surface area contributed by atoms with E-state index >= 15 is 0 Å². The second-order valence-electron chi connectivity index (χ2n) is 5.14. The van der Waals surface area contributed by atoms with Crippen LogP contribution < -0.4 is 10.2 Å². The highest BCUT2D eigenvalue weighted by Crippen LogP contribution is 2.26. The molecule has 0 aromatic heterocycles. The number of carbonyl (C=O) groups is 1. The smallest absolute Gasteiger partial charge is 0.281 e. The maximum Gasteiger partial charge on any atom is 0.281 e. The summed E-state index contributed by atoms with van der Waals surface area (Å²) in [6.07, 6.45) is 1.72. The summed E-state index contributed by atoms with van der Waals surface area (Å²) in [4.78, 5) is 13.8. The number of rotatable bonds is 2. The molecule has 1 fully saturated rings. The van der Waals surface area contributed by atoms with Crippen LogP contribution in [0.3, 0.4) is 0 Å². The highest BCUT2D eigenvalue weighted by Gasteiger charge is 2.32. The molecular weight excluding hydrogens is 335 g/mol. The second-order valence-corrected chi connectivity index (χ2v) is 5.93. The molecule has 3 nitrogen and oxygen atoms in total. The third kappa shape index (κ3) is 3.11. The largest absolute Gasteiger partial charge is 0.327 e. The van der Waals surface area contributed by atoms with E-state index in [-0.39, 0.29) is 16.0 Å². The van der Waals surface area contributed by atoms with E-state index in [1.54, 1.807) is 6.08 Å². The van der Waals surface area contributed by atoms with Crippen molar-refractivity contribution < 1.29 is 9.18 Å². The van der Waals surface area contributed by atoms with Gasteiger partial charge in [-0.1, -0.05) is 41.4 Å². The SMILES string of the molecule is Cc1ccc(C=C2NC(=S)N(c3ccc(F)c(Cl)c3)C2=O)cc1. The molecule has 1 aliphatic heterocycles. The predicted octanol–water partition coefficient (Wildman–Crippen LogP) is 4.05. The molecule has 2 aromatic carbocycles. The summed E-state index contributed by atoms with van der Waals surface area (Å²) in [6, 6.07) is 11.8. The highest BCUT2D eigenvalue weighted by molar-refractivity contribution is 7.80. The molecule has 0 radical (unpaired) electrons. The number of carbonyl (C=O) groups excluding carboxylic acids is 1. The van der Waals surface area contributed by atoms with E-state index in [0.717, 1.165) is 11.1 Å². The first-order valence-corrected chi connectivity index (χ1v) is 7.63. The summed E-state index contributed by atoms with van der Waals surface area (Å²) >= 11 is 11.0. The van der Waals surface area contributed by atoms with Crippen LogP contribution in [0.2, 0.25) is 5.02 Å². The maximum atomic E-state index is 13.3. The monoisotopic (exact) mass is 346 g/mol. The first-order chi connectivity index (χ1) is 11.0. The van der Waals surface area contributed by atoms with E-state index in [2.05, 4.69) is 5.32 Å². The van der Waals surface area contributed by atoms with Crippen molar-refractivity contribution in [2.24, 2.45) is 0 Å². The van der Waals surface area contributed by atoms with Gasteiger partial charge in [0.2, 0.25) is 0 Å². The number of thiocarbonyl (C=S) groups is 1. The van der Waals surface area contributed by atoms with Gasteiger partial charge in [0.25, 0.3) is 5.91 Å². The molecule has 0 aliphatic carbocycles. The maximum absolute atomic E-state index is 13.3. The fourth-order valence-corrected chi connectivity index (χ4v) is 2.70. The van der Waals surface area contributed by atoms with Crippen molar-refractivity contribution in [3.05, 3.63) is 70.1 Å². The number of nitrogens with one attached hydrogen (secondary N) is 1. The number of amides is 1. The lowest BCUT2D eigenvalue weighted by atomic mass is 10.1. The second kappa shape index (κ2) is 6.10. The van der Waals surface area contributed by atoms with E-state index in [1.165, 1.54) is 23.1 Å². The third-order valence-electron chi connectivity index (χ3n) is 3.43. The third-order valence-corrected chi connectivity index (χ3v) is 4.00. The van der Waals surface area contributed by atoms with Crippen molar-refractivity contribution in [3.63, 3.8) is 0 Å². The summed E-state index contributed by atoms with van der Waals surface area (Å²) in [5.74, 6) is -0.852. The summed E-state index contributed by atoms with van der Waals surface area (Å²) in [7, 11) is 0. The van der Waals surface area contributed by atoms with Crippen LogP contribution in [-0.2, 0) is 4.79 Å². The zero-order valence-electron chi connectivity index (χ0n) is 12.1. The van der Waals surface area contributed by atoms with Crippen LogP contribution in [0.5, 0.6) is 0 Å². The molecule has 2 aromatic rings. The molecule has 1 heterocycles. The summed E-state index contributed by atoms with van der Waals surface area (Å²) < 4.78 is 13.3. The molecule has 1 saturated heterocycles. The van der Waals surface area contributed by atoms with Crippen LogP contribution in [0.4, 0.5) is 10.1 Å². The average Bonchev–Trinajstić information content (AvgIpc) is 2.79. The van der Waals surface area contributed by atoms with Crippen molar-refractivity contribution in [3.8, 4) is 0 Å². The number of hydrogen-bond acceptors (Lipinski definition) is 2. The Labute approximate surface area is 143 Å². The fourth-order valence-electron chi connectivity index (χ4n) is 2.22. The van der Waals surface area contributed by atoms with E-state index in [9.17, 15) is 9.18 Å². The molecular formula is C17H12ClFN2OS. The van der Waals surface area contributed by atoms with Gasteiger partial charge in [-0.25, -0.2) is 4.39 Å². The lowest BCUT2D eigenvalue weighted by Crippen LogP contribution is -2.30. The Bertz CT molecular complexity index is 833. The molecule has 0 bridgehead atoms. The molecule has 23 heavy (non-hydrogen) atoms. The van der Waals surface area contributed by atoms with Crippen LogP contribution in [0.15, 0.2) is 48.2 Å². The van der Waals surface area contributed by atoms with Crippen LogP contribution in [0.25, 0.3) is 6.08 Å². The fraction of sp³-hybridized carbons (Fsp3) is 0.0588. The van der Waals surface area contributed by atoms with Gasteiger partial charge in [-0.15, -0.1) is 0 Å². The Morgan fingerprint density at radius 2 is 1.91 bits per heavy atom. The van der Waals surface area contributed by atoms with E-state index in [0.29, 0.717) is 11.4 Å². The van der Waals surface area contributed by atoms with Crippen molar-refractivity contribution >= 4 is 46.6 Å². The van der Waals surface area contributed by atoms with Gasteiger partial charge in [0.1, 0.15) is 11.5 Å². The van der Waals surface area contributed by atoms with Crippen LogP contribution in [-0.4, -0.2) is 11.0 Å². The number of nitrogens with zero attached hydrogens (tertiary/aromatic N) is 1. The van der Waals surface area contributed by atoms with Crippen molar-refractivity contribution in [2.45, 2.75) is 6.92 Å². The summed E-state index contributed by atoms with van der Waals surface area (Å²) in [5, 5.41) is 3.05. The molecule has 0 saturated carbocycles. The zero-order valence-corrected chi connectivity index (χ0v) is 13.7. The lowest BCUT2D eigenvalue weighted by Gasteiger charge is -2.14. The normalized spacial score (nSPS) is 16.1. The van der Waals surface area contributed by atoms with Gasteiger partial charge < -0.3 is 5.32 Å². The average molecular weight is 347 g/mol. The van der Waals surface area contributed by atoms with E-state index in [1.807, 2.05) is 31.2 Å². The molecule has 0 atom stereocenters. The Balaban J connectivity index is 1.93. The van der Waals surface area contributed by atoms with Crippen LogP contribution in [0.1, 0.15) is 11.1 Å². The number of hydrogen-bond donors (Lipinski definition) is 1. The minimum atomic E-state index is -0.545. The number of halogens is 2.